The molecule has 0 bridgehead atoms. The van der Waals surface area contributed by atoms with Gasteiger partial charge in [0.15, 0.2) is 0 Å². The maximum Gasteiger partial charge on any atom is 0.242 e. The van der Waals surface area contributed by atoms with E-state index < -0.39 is 63.3 Å². The van der Waals surface area contributed by atoms with Crippen molar-refractivity contribution in [3.63, 3.8) is 0 Å². The fourth-order valence-electron chi connectivity index (χ4n) is 5.36. The molecule has 0 unspecified atom stereocenters. The zero-order valence-corrected chi connectivity index (χ0v) is 27.6. The van der Waals surface area contributed by atoms with Crippen molar-refractivity contribution in [2.24, 2.45) is 5.73 Å². The average molecular weight is 703 g/mol. The Morgan fingerprint density at radius 1 is 0.878 bits per heavy atom. The molecule has 262 valence electrons. The molecular weight excluding hydrogens is 664 g/mol. The molecule has 0 aliphatic rings. The SMILES string of the molecule is COc1ccc(S(=O)(=O)N[C@@H](CCc2c(F)cccc2NC(=O)[C@@H](N)[C@@H](c2ccc(F)cc2)c2cc(F)cc(F)c2)CNC[C@H](C)O)cc1. The summed E-state index contributed by atoms with van der Waals surface area (Å²) in [5.41, 5.74) is 6.84. The topological polar surface area (TPSA) is 143 Å². The maximum atomic E-state index is 15.3. The van der Waals surface area contributed by atoms with Crippen LogP contribution in [0.3, 0.4) is 0 Å². The fraction of sp³-hybridized carbons (Fsp3) is 0.286. The summed E-state index contributed by atoms with van der Waals surface area (Å²) in [6.07, 6.45) is -0.682. The molecule has 0 aliphatic heterocycles. The largest absolute Gasteiger partial charge is 0.497 e. The predicted molar refractivity (Wildman–Crippen MR) is 178 cm³/mol. The highest BCUT2D eigenvalue weighted by molar-refractivity contribution is 7.89. The van der Waals surface area contributed by atoms with Gasteiger partial charge in [-0.15, -0.1) is 0 Å². The Labute approximate surface area is 282 Å². The van der Waals surface area contributed by atoms with Crippen molar-refractivity contribution in [1.82, 2.24) is 10.0 Å². The summed E-state index contributed by atoms with van der Waals surface area (Å²) in [7, 11) is -2.57. The summed E-state index contributed by atoms with van der Waals surface area (Å²) in [4.78, 5) is 13.6. The number of sulfonamides is 1. The number of amides is 1. The van der Waals surface area contributed by atoms with Gasteiger partial charge in [0.1, 0.15) is 29.0 Å². The molecule has 0 saturated carbocycles. The molecule has 4 atom stereocenters. The van der Waals surface area contributed by atoms with E-state index in [-0.39, 0.29) is 47.6 Å². The number of hydrogen-bond acceptors (Lipinski definition) is 7. The molecule has 9 nitrogen and oxygen atoms in total. The monoisotopic (exact) mass is 702 g/mol. The summed E-state index contributed by atoms with van der Waals surface area (Å²) >= 11 is 0. The van der Waals surface area contributed by atoms with Crippen LogP contribution in [0, 0.1) is 23.3 Å². The molecule has 0 aliphatic carbocycles. The first-order valence-electron chi connectivity index (χ1n) is 15.4. The van der Waals surface area contributed by atoms with Crippen LogP contribution in [0.15, 0.2) is 89.8 Å². The van der Waals surface area contributed by atoms with Gasteiger partial charge in [0, 0.05) is 42.4 Å². The summed E-state index contributed by atoms with van der Waals surface area (Å²) in [5.74, 6) is -4.51. The molecule has 1 amide bonds. The van der Waals surface area contributed by atoms with E-state index in [9.17, 15) is 31.5 Å². The smallest absolute Gasteiger partial charge is 0.242 e. The summed E-state index contributed by atoms with van der Waals surface area (Å²) in [6.45, 7) is 1.82. The maximum absolute atomic E-state index is 15.3. The summed E-state index contributed by atoms with van der Waals surface area (Å²) in [5, 5.41) is 15.3. The predicted octanol–water partition coefficient (Wildman–Crippen LogP) is 4.60. The Kier molecular flexibility index (Phi) is 12.9. The number of aliphatic hydroxyl groups excluding tert-OH is 1. The lowest BCUT2D eigenvalue weighted by molar-refractivity contribution is -0.117. The first-order valence-corrected chi connectivity index (χ1v) is 16.9. The molecular formula is C35H38F4N4O5S. The Morgan fingerprint density at radius 2 is 1.53 bits per heavy atom. The number of benzene rings is 4. The minimum atomic E-state index is -4.03. The Balaban J connectivity index is 1.57. The standard InChI is InChI=1S/C35H38F4N4O5S/c1-21(44)19-41-20-27(43-49(46,47)29-13-11-28(48-2)12-14-29)10-15-30-31(39)4-3-5-32(30)42-35(45)34(40)33(22-6-8-24(36)9-7-22)23-16-25(37)18-26(38)17-23/h3-9,11-14,16-18,21,27,33-34,41,43-44H,10,15,19-20,40H2,1-2H3,(H,42,45)/t21-,27-,33-,34-/m0/s1. The van der Waals surface area contributed by atoms with Crippen LogP contribution in [0.25, 0.3) is 0 Å². The van der Waals surface area contributed by atoms with Crippen molar-refractivity contribution in [3.05, 3.63) is 125 Å². The van der Waals surface area contributed by atoms with E-state index in [1.54, 1.807) is 6.92 Å². The molecule has 4 aromatic carbocycles. The van der Waals surface area contributed by atoms with Gasteiger partial charge < -0.3 is 26.2 Å². The van der Waals surface area contributed by atoms with Crippen molar-refractivity contribution in [1.29, 1.82) is 0 Å². The number of aliphatic hydroxyl groups is 1. The minimum Gasteiger partial charge on any atom is -0.497 e. The zero-order valence-electron chi connectivity index (χ0n) is 26.8. The lowest BCUT2D eigenvalue weighted by Crippen LogP contribution is -2.43. The second-order valence-corrected chi connectivity index (χ2v) is 13.3. The van der Waals surface area contributed by atoms with E-state index in [0.29, 0.717) is 17.4 Å². The molecule has 6 N–H and O–H groups in total. The van der Waals surface area contributed by atoms with Crippen LogP contribution in [0.4, 0.5) is 23.2 Å². The number of methoxy groups -OCH3 is 1. The molecule has 0 heterocycles. The second kappa shape index (κ2) is 16.9. The first kappa shape index (κ1) is 37.5. The number of carbonyl (C=O) groups excluding carboxylic acids is 1. The van der Waals surface area contributed by atoms with Gasteiger partial charge in [-0.2, -0.15) is 0 Å². The zero-order chi connectivity index (χ0) is 35.7. The molecule has 0 spiro atoms. The number of ether oxygens (including phenoxy) is 1. The molecule has 49 heavy (non-hydrogen) atoms. The third-order valence-corrected chi connectivity index (χ3v) is 9.31. The van der Waals surface area contributed by atoms with Gasteiger partial charge in [0.25, 0.3) is 0 Å². The van der Waals surface area contributed by atoms with Gasteiger partial charge in [-0.25, -0.2) is 30.7 Å². The van der Waals surface area contributed by atoms with Gasteiger partial charge in [-0.1, -0.05) is 18.2 Å². The van der Waals surface area contributed by atoms with Crippen molar-refractivity contribution in [3.8, 4) is 5.75 Å². The normalized spacial score (nSPS) is 14.1. The first-order chi connectivity index (χ1) is 23.3. The number of nitrogens with one attached hydrogen (secondary N) is 3. The average Bonchev–Trinajstić information content (AvgIpc) is 3.04. The van der Waals surface area contributed by atoms with Crippen molar-refractivity contribution < 1.29 is 40.6 Å². The molecule has 4 rings (SSSR count). The van der Waals surface area contributed by atoms with Crippen LogP contribution in [-0.4, -0.2) is 57.8 Å². The van der Waals surface area contributed by atoms with Crippen LogP contribution >= 0.6 is 0 Å². The van der Waals surface area contributed by atoms with Crippen LogP contribution in [-0.2, 0) is 21.2 Å². The molecule has 4 aromatic rings. The third kappa shape index (κ3) is 10.3. The number of hydrogen-bond donors (Lipinski definition) is 5. The Hall–Kier alpha value is -4.34. The van der Waals surface area contributed by atoms with Crippen LogP contribution in [0.2, 0.25) is 0 Å². The van der Waals surface area contributed by atoms with Crippen LogP contribution < -0.4 is 25.8 Å². The number of nitrogens with two attached hydrogens (primary N) is 1. The lowest BCUT2D eigenvalue weighted by Gasteiger charge is -2.25. The van der Waals surface area contributed by atoms with Gasteiger partial charge in [0.05, 0.1) is 24.2 Å². The summed E-state index contributed by atoms with van der Waals surface area (Å²) in [6, 6.07) is 15.2. The molecule has 0 fully saturated rings. The van der Waals surface area contributed by atoms with Gasteiger partial charge in [-0.3, -0.25) is 4.79 Å². The number of rotatable bonds is 16. The van der Waals surface area contributed by atoms with E-state index >= 15 is 4.39 Å². The quantitative estimate of drug-likeness (QED) is 0.108. The van der Waals surface area contributed by atoms with Crippen LogP contribution in [0.5, 0.6) is 5.75 Å². The van der Waals surface area contributed by atoms with Gasteiger partial charge in [0.2, 0.25) is 15.9 Å². The molecule has 0 aromatic heterocycles. The van der Waals surface area contributed by atoms with E-state index in [1.165, 1.54) is 61.7 Å². The third-order valence-electron chi connectivity index (χ3n) is 7.78. The van der Waals surface area contributed by atoms with Gasteiger partial charge in [-0.05, 0) is 91.6 Å². The Morgan fingerprint density at radius 3 is 2.14 bits per heavy atom. The van der Waals surface area contributed by atoms with Crippen molar-refractivity contribution in [2.75, 3.05) is 25.5 Å². The molecule has 14 heteroatoms. The van der Waals surface area contributed by atoms with Crippen LogP contribution in [0.1, 0.15) is 36.0 Å². The second-order valence-electron chi connectivity index (χ2n) is 11.6. The van der Waals surface area contributed by atoms with E-state index in [4.69, 9.17) is 10.5 Å². The number of halogens is 4. The fourth-order valence-corrected chi connectivity index (χ4v) is 6.63. The van der Waals surface area contributed by atoms with E-state index in [0.717, 1.165) is 24.3 Å². The molecule has 0 radical (unpaired) electrons. The molecule has 0 saturated heterocycles. The highest BCUT2D eigenvalue weighted by atomic mass is 32.2. The number of carbonyl (C=O) groups is 1. The van der Waals surface area contributed by atoms with Crippen molar-refractivity contribution in [2.45, 2.75) is 48.8 Å². The highest BCUT2D eigenvalue weighted by Gasteiger charge is 2.30. The van der Waals surface area contributed by atoms with E-state index in [2.05, 4.69) is 15.4 Å². The number of anilines is 1. The minimum absolute atomic E-state index is 0.0180. The highest BCUT2D eigenvalue weighted by Crippen LogP contribution is 2.30. The van der Waals surface area contributed by atoms with E-state index in [1.807, 2.05) is 0 Å². The lowest BCUT2D eigenvalue weighted by atomic mass is 9.84. The van der Waals surface area contributed by atoms with Gasteiger partial charge >= 0.3 is 0 Å². The van der Waals surface area contributed by atoms with Crippen molar-refractivity contribution >= 4 is 21.6 Å². The Bertz CT molecular complexity index is 1810. The summed E-state index contributed by atoms with van der Waals surface area (Å²) < 4.78 is 91.6.